The van der Waals surface area contributed by atoms with Crippen LogP contribution in [0.25, 0.3) is 0 Å². The van der Waals surface area contributed by atoms with Crippen molar-refractivity contribution in [3.8, 4) is 5.75 Å². The van der Waals surface area contributed by atoms with Crippen molar-refractivity contribution in [2.75, 3.05) is 39.4 Å². The number of nitrogens with zero attached hydrogens (tertiary/aromatic N) is 1. The number of hydrogen-bond donors (Lipinski definition) is 1. The number of rotatable bonds is 8. The van der Waals surface area contributed by atoms with Gasteiger partial charge in [-0.2, -0.15) is 0 Å². The van der Waals surface area contributed by atoms with E-state index in [-0.39, 0.29) is 11.7 Å². The lowest BCUT2D eigenvalue weighted by Gasteiger charge is -2.29. The Morgan fingerprint density at radius 1 is 1.28 bits per heavy atom. The molecule has 2 rings (SSSR count). The Labute approximate surface area is 149 Å². The fraction of sp³-hybridized carbons (Fsp3) is 0.579. The summed E-state index contributed by atoms with van der Waals surface area (Å²) in [7, 11) is 0. The monoisotopic (exact) mass is 348 g/mol. The number of ether oxygens (including phenoxy) is 2. The molecule has 6 nitrogen and oxygen atoms in total. The third-order valence-electron chi connectivity index (χ3n) is 4.22. The standard InChI is InChI=1S/C19H28N2O4/c1-14(13-21-7-9-24-10-8-21)12-20-19(23)16(3)25-18-6-4-5-17(11-18)15(2)22/h4-6,11,14,16H,7-10,12-13H2,1-3H3,(H,20,23)/t14-,16+/m1/s1. The highest BCUT2D eigenvalue weighted by Gasteiger charge is 2.18. The minimum Gasteiger partial charge on any atom is -0.481 e. The van der Waals surface area contributed by atoms with Crippen LogP contribution < -0.4 is 10.1 Å². The average Bonchev–Trinajstić information content (AvgIpc) is 2.60. The molecule has 0 aromatic heterocycles. The Hall–Kier alpha value is -1.92. The van der Waals surface area contributed by atoms with E-state index in [2.05, 4.69) is 17.1 Å². The number of benzene rings is 1. The summed E-state index contributed by atoms with van der Waals surface area (Å²) in [5.74, 6) is 0.702. The third-order valence-corrected chi connectivity index (χ3v) is 4.22. The molecule has 138 valence electrons. The number of carbonyl (C=O) groups excluding carboxylic acids is 2. The summed E-state index contributed by atoms with van der Waals surface area (Å²) in [4.78, 5) is 26.0. The summed E-state index contributed by atoms with van der Waals surface area (Å²) in [5, 5.41) is 2.94. The molecule has 1 saturated heterocycles. The summed E-state index contributed by atoms with van der Waals surface area (Å²) >= 11 is 0. The molecule has 0 radical (unpaired) electrons. The van der Waals surface area contributed by atoms with Gasteiger partial charge in [0.2, 0.25) is 0 Å². The van der Waals surface area contributed by atoms with Crippen LogP contribution in [0.3, 0.4) is 0 Å². The first-order chi connectivity index (χ1) is 12.0. The fourth-order valence-electron chi connectivity index (χ4n) is 2.75. The van der Waals surface area contributed by atoms with Gasteiger partial charge >= 0.3 is 0 Å². The van der Waals surface area contributed by atoms with Gasteiger partial charge in [-0.25, -0.2) is 0 Å². The van der Waals surface area contributed by atoms with Crippen molar-refractivity contribution >= 4 is 11.7 Å². The smallest absolute Gasteiger partial charge is 0.260 e. The van der Waals surface area contributed by atoms with Gasteiger partial charge in [0.25, 0.3) is 5.91 Å². The number of nitrogens with one attached hydrogen (secondary N) is 1. The van der Waals surface area contributed by atoms with E-state index in [1.165, 1.54) is 6.92 Å². The molecule has 1 N–H and O–H groups in total. The zero-order valence-electron chi connectivity index (χ0n) is 15.3. The van der Waals surface area contributed by atoms with E-state index in [9.17, 15) is 9.59 Å². The molecule has 0 bridgehead atoms. The minimum atomic E-state index is -0.613. The zero-order chi connectivity index (χ0) is 18.2. The number of amides is 1. The van der Waals surface area contributed by atoms with E-state index in [1.807, 2.05) is 0 Å². The molecule has 25 heavy (non-hydrogen) atoms. The van der Waals surface area contributed by atoms with Crippen LogP contribution in [-0.4, -0.2) is 62.1 Å². The lowest BCUT2D eigenvalue weighted by Crippen LogP contribution is -2.43. The van der Waals surface area contributed by atoms with Crippen LogP contribution in [0.1, 0.15) is 31.1 Å². The van der Waals surface area contributed by atoms with Crippen LogP contribution in [0.2, 0.25) is 0 Å². The van der Waals surface area contributed by atoms with Gasteiger partial charge in [0.15, 0.2) is 11.9 Å². The predicted molar refractivity (Wildman–Crippen MR) is 96.0 cm³/mol. The van der Waals surface area contributed by atoms with Crippen molar-refractivity contribution < 1.29 is 19.1 Å². The molecule has 1 fully saturated rings. The van der Waals surface area contributed by atoms with E-state index in [0.717, 1.165) is 32.8 Å². The Kier molecular flexibility index (Phi) is 7.40. The Bertz CT molecular complexity index is 585. The van der Waals surface area contributed by atoms with Crippen LogP contribution in [0.5, 0.6) is 5.75 Å². The number of morpholine rings is 1. The van der Waals surface area contributed by atoms with Crippen molar-refractivity contribution in [2.24, 2.45) is 5.92 Å². The molecule has 0 spiro atoms. The first kappa shape index (κ1) is 19.4. The Morgan fingerprint density at radius 2 is 2.00 bits per heavy atom. The second-order valence-electron chi connectivity index (χ2n) is 6.61. The van der Waals surface area contributed by atoms with Crippen LogP contribution in [0, 0.1) is 5.92 Å². The number of ketones is 1. The molecule has 1 aliphatic rings. The normalized spacial score (nSPS) is 17.6. The lowest BCUT2D eigenvalue weighted by molar-refractivity contribution is -0.127. The summed E-state index contributed by atoms with van der Waals surface area (Å²) in [6.45, 7) is 10.4. The SMILES string of the molecule is CC(=O)c1cccc(O[C@@H](C)C(=O)NC[C@@H](C)CN2CCOCC2)c1. The zero-order valence-corrected chi connectivity index (χ0v) is 15.3. The summed E-state index contributed by atoms with van der Waals surface area (Å²) < 4.78 is 11.0. The molecule has 1 amide bonds. The molecule has 1 heterocycles. The van der Waals surface area contributed by atoms with Crippen LogP contribution in [0.4, 0.5) is 0 Å². The minimum absolute atomic E-state index is 0.0282. The highest BCUT2D eigenvalue weighted by molar-refractivity contribution is 5.94. The van der Waals surface area contributed by atoms with Crippen LogP contribution in [-0.2, 0) is 9.53 Å². The molecule has 0 aliphatic carbocycles. The second kappa shape index (κ2) is 9.53. The van der Waals surface area contributed by atoms with Gasteiger partial charge in [-0.3, -0.25) is 14.5 Å². The summed E-state index contributed by atoms with van der Waals surface area (Å²) in [6.07, 6.45) is -0.613. The molecule has 0 unspecified atom stereocenters. The van der Waals surface area contributed by atoms with Crippen molar-refractivity contribution in [2.45, 2.75) is 26.9 Å². The molecule has 1 aromatic carbocycles. The fourth-order valence-corrected chi connectivity index (χ4v) is 2.75. The first-order valence-corrected chi connectivity index (χ1v) is 8.81. The lowest BCUT2D eigenvalue weighted by atomic mass is 10.1. The Balaban J connectivity index is 1.75. The molecule has 2 atom stereocenters. The van der Waals surface area contributed by atoms with Gasteiger partial charge in [-0.15, -0.1) is 0 Å². The number of Topliss-reactive ketones (excluding diaryl/α,β-unsaturated/α-hetero) is 1. The maximum Gasteiger partial charge on any atom is 0.260 e. The van der Waals surface area contributed by atoms with E-state index in [4.69, 9.17) is 9.47 Å². The molecule has 6 heteroatoms. The van der Waals surface area contributed by atoms with Crippen molar-refractivity contribution in [3.63, 3.8) is 0 Å². The maximum absolute atomic E-state index is 12.2. The van der Waals surface area contributed by atoms with Crippen LogP contribution >= 0.6 is 0 Å². The van der Waals surface area contributed by atoms with Crippen molar-refractivity contribution in [3.05, 3.63) is 29.8 Å². The van der Waals surface area contributed by atoms with Gasteiger partial charge in [0.05, 0.1) is 13.2 Å². The number of hydrogen-bond acceptors (Lipinski definition) is 5. The van der Waals surface area contributed by atoms with E-state index >= 15 is 0 Å². The molecule has 1 aromatic rings. The second-order valence-corrected chi connectivity index (χ2v) is 6.61. The Morgan fingerprint density at radius 3 is 2.68 bits per heavy atom. The summed E-state index contributed by atoms with van der Waals surface area (Å²) in [6, 6.07) is 6.89. The van der Waals surface area contributed by atoms with Gasteiger partial charge in [-0.1, -0.05) is 19.1 Å². The average molecular weight is 348 g/mol. The first-order valence-electron chi connectivity index (χ1n) is 8.81. The van der Waals surface area contributed by atoms with E-state index in [1.54, 1.807) is 31.2 Å². The maximum atomic E-state index is 12.2. The third kappa shape index (κ3) is 6.48. The molecule has 0 saturated carbocycles. The quantitative estimate of drug-likeness (QED) is 0.725. The van der Waals surface area contributed by atoms with Gasteiger partial charge < -0.3 is 14.8 Å². The van der Waals surface area contributed by atoms with E-state index in [0.29, 0.717) is 23.8 Å². The van der Waals surface area contributed by atoms with Gasteiger partial charge in [0.1, 0.15) is 5.75 Å². The molecular formula is C19H28N2O4. The summed E-state index contributed by atoms with van der Waals surface area (Å²) in [5.41, 5.74) is 0.573. The highest BCUT2D eigenvalue weighted by Crippen LogP contribution is 2.15. The highest BCUT2D eigenvalue weighted by atomic mass is 16.5. The molecular weight excluding hydrogens is 320 g/mol. The van der Waals surface area contributed by atoms with Crippen molar-refractivity contribution in [1.82, 2.24) is 10.2 Å². The largest absolute Gasteiger partial charge is 0.481 e. The molecule has 1 aliphatic heterocycles. The topological polar surface area (TPSA) is 67.9 Å². The van der Waals surface area contributed by atoms with Gasteiger partial charge in [-0.05, 0) is 31.9 Å². The van der Waals surface area contributed by atoms with Gasteiger partial charge in [0, 0.05) is 31.7 Å². The predicted octanol–water partition coefficient (Wildman–Crippen LogP) is 1.74. The van der Waals surface area contributed by atoms with Crippen LogP contribution in [0.15, 0.2) is 24.3 Å². The number of carbonyl (C=O) groups is 2. The van der Waals surface area contributed by atoms with E-state index < -0.39 is 6.10 Å². The van der Waals surface area contributed by atoms with Crippen molar-refractivity contribution in [1.29, 1.82) is 0 Å².